The molecule has 0 fully saturated rings. The number of para-hydroxylation sites is 1. The third-order valence-corrected chi connectivity index (χ3v) is 4.20. The van der Waals surface area contributed by atoms with E-state index in [0.29, 0.717) is 23.3 Å². The van der Waals surface area contributed by atoms with E-state index in [1.165, 1.54) is 4.90 Å². The predicted octanol–water partition coefficient (Wildman–Crippen LogP) is 3.07. The van der Waals surface area contributed by atoms with Crippen molar-refractivity contribution in [2.24, 2.45) is 0 Å². The van der Waals surface area contributed by atoms with Crippen molar-refractivity contribution in [3.63, 3.8) is 0 Å². The van der Waals surface area contributed by atoms with Crippen molar-refractivity contribution in [2.75, 3.05) is 13.2 Å². The van der Waals surface area contributed by atoms with Gasteiger partial charge in [0.15, 0.2) is 0 Å². The molecule has 0 saturated carbocycles. The van der Waals surface area contributed by atoms with Crippen LogP contribution >= 0.6 is 0 Å². The summed E-state index contributed by atoms with van der Waals surface area (Å²) in [7, 11) is 0. The van der Waals surface area contributed by atoms with E-state index >= 15 is 0 Å². The van der Waals surface area contributed by atoms with Gasteiger partial charge in [-0.15, -0.1) is 0 Å². The Labute approximate surface area is 157 Å². The second kappa shape index (κ2) is 8.49. The number of nitrogens with zero attached hydrogens (tertiary/aromatic N) is 1. The number of carbonyl (C=O) groups excluding carboxylic acids is 3. The number of ether oxygens (including phenoxy) is 2. The number of rotatable bonds is 8. The van der Waals surface area contributed by atoms with E-state index in [1.807, 2.05) is 30.3 Å². The Morgan fingerprint density at radius 1 is 0.963 bits per heavy atom. The van der Waals surface area contributed by atoms with Crippen LogP contribution in [0.3, 0.4) is 0 Å². The average Bonchev–Trinajstić information content (AvgIpc) is 2.92. The topological polar surface area (TPSA) is 72.9 Å². The zero-order valence-corrected chi connectivity index (χ0v) is 15.1. The number of benzene rings is 2. The van der Waals surface area contributed by atoms with E-state index in [0.717, 1.165) is 0 Å². The van der Waals surface area contributed by atoms with Crippen molar-refractivity contribution in [1.29, 1.82) is 0 Å². The Morgan fingerprint density at radius 3 is 2.19 bits per heavy atom. The van der Waals surface area contributed by atoms with Gasteiger partial charge in [0.2, 0.25) is 0 Å². The van der Waals surface area contributed by atoms with E-state index in [2.05, 4.69) is 0 Å². The highest BCUT2D eigenvalue weighted by molar-refractivity contribution is 6.21. The lowest BCUT2D eigenvalue weighted by Gasteiger charge is -2.16. The fourth-order valence-corrected chi connectivity index (χ4v) is 2.87. The molecule has 6 nitrogen and oxygen atoms in total. The lowest BCUT2D eigenvalue weighted by Crippen LogP contribution is -2.31. The molecule has 1 atom stereocenters. The van der Waals surface area contributed by atoms with Gasteiger partial charge >= 0.3 is 5.97 Å². The summed E-state index contributed by atoms with van der Waals surface area (Å²) < 4.78 is 10.8. The summed E-state index contributed by atoms with van der Waals surface area (Å²) >= 11 is 0. The van der Waals surface area contributed by atoms with Gasteiger partial charge in [-0.2, -0.15) is 0 Å². The number of hydrogen-bond acceptors (Lipinski definition) is 5. The Bertz CT molecular complexity index is 798. The van der Waals surface area contributed by atoms with Crippen molar-refractivity contribution in [1.82, 2.24) is 4.90 Å². The number of esters is 1. The summed E-state index contributed by atoms with van der Waals surface area (Å²) in [6.07, 6.45) is 0.0941. The molecular weight excluding hydrogens is 346 g/mol. The zero-order chi connectivity index (χ0) is 19.2. The molecule has 1 heterocycles. The molecular formula is C21H21NO5. The fourth-order valence-electron chi connectivity index (χ4n) is 2.87. The molecule has 0 radical (unpaired) electrons. The fraction of sp³-hybridized carbons (Fsp3) is 0.286. The van der Waals surface area contributed by atoms with E-state index in [4.69, 9.17) is 9.47 Å². The monoisotopic (exact) mass is 367 g/mol. The van der Waals surface area contributed by atoms with Crippen molar-refractivity contribution >= 4 is 17.8 Å². The standard InChI is InChI=1S/C21H21NO5/c1-15(14-26-16-8-3-2-4-9-16)27-19(23)12-7-13-22-20(24)17-10-5-6-11-18(17)21(22)25/h2-6,8-11,15H,7,12-14H2,1H3/t15-/m0/s1. The maximum Gasteiger partial charge on any atom is 0.306 e. The van der Waals surface area contributed by atoms with Crippen molar-refractivity contribution in [2.45, 2.75) is 25.9 Å². The van der Waals surface area contributed by atoms with Gasteiger partial charge in [0, 0.05) is 13.0 Å². The molecule has 0 N–H and O–H groups in total. The molecule has 0 spiro atoms. The van der Waals surface area contributed by atoms with Crippen molar-refractivity contribution in [3.8, 4) is 5.75 Å². The molecule has 0 bridgehead atoms. The van der Waals surface area contributed by atoms with Gasteiger partial charge in [0.25, 0.3) is 11.8 Å². The minimum atomic E-state index is -0.392. The lowest BCUT2D eigenvalue weighted by atomic mass is 10.1. The largest absolute Gasteiger partial charge is 0.490 e. The smallest absolute Gasteiger partial charge is 0.306 e. The molecule has 3 rings (SSSR count). The quantitative estimate of drug-likeness (QED) is 0.530. The van der Waals surface area contributed by atoms with Crippen LogP contribution in [0.4, 0.5) is 0 Å². The van der Waals surface area contributed by atoms with Crippen LogP contribution in [0.2, 0.25) is 0 Å². The molecule has 0 aromatic heterocycles. The van der Waals surface area contributed by atoms with Crippen LogP contribution in [-0.2, 0) is 9.53 Å². The van der Waals surface area contributed by atoms with Crippen LogP contribution in [0.1, 0.15) is 40.5 Å². The first kappa shape index (κ1) is 18.6. The van der Waals surface area contributed by atoms with Gasteiger partial charge in [0.05, 0.1) is 11.1 Å². The van der Waals surface area contributed by atoms with Gasteiger partial charge in [-0.3, -0.25) is 19.3 Å². The van der Waals surface area contributed by atoms with Crippen LogP contribution in [0.5, 0.6) is 5.75 Å². The molecule has 140 valence electrons. The number of fused-ring (bicyclic) bond motifs is 1. The average molecular weight is 367 g/mol. The molecule has 27 heavy (non-hydrogen) atoms. The van der Waals surface area contributed by atoms with Crippen LogP contribution in [0.25, 0.3) is 0 Å². The number of imide groups is 1. The zero-order valence-electron chi connectivity index (χ0n) is 15.1. The van der Waals surface area contributed by atoms with Gasteiger partial charge in [-0.25, -0.2) is 0 Å². The summed E-state index contributed by atoms with van der Waals surface area (Å²) in [5.74, 6) is -0.288. The van der Waals surface area contributed by atoms with Crippen LogP contribution in [0, 0.1) is 0 Å². The molecule has 0 unspecified atom stereocenters. The van der Waals surface area contributed by atoms with Crippen LogP contribution in [-0.4, -0.2) is 41.9 Å². The number of hydrogen-bond donors (Lipinski definition) is 0. The van der Waals surface area contributed by atoms with E-state index in [1.54, 1.807) is 31.2 Å². The van der Waals surface area contributed by atoms with Gasteiger partial charge < -0.3 is 9.47 Å². The highest BCUT2D eigenvalue weighted by Gasteiger charge is 2.34. The van der Waals surface area contributed by atoms with Crippen molar-refractivity contribution < 1.29 is 23.9 Å². The van der Waals surface area contributed by atoms with E-state index in [-0.39, 0.29) is 37.4 Å². The van der Waals surface area contributed by atoms with Crippen LogP contribution in [0.15, 0.2) is 54.6 Å². The number of amides is 2. The predicted molar refractivity (Wildman–Crippen MR) is 98.5 cm³/mol. The Balaban J connectivity index is 1.40. The molecule has 0 saturated heterocycles. The van der Waals surface area contributed by atoms with Crippen molar-refractivity contribution in [3.05, 3.63) is 65.7 Å². The molecule has 6 heteroatoms. The van der Waals surface area contributed by atoms with Gasteiger partial charge in [-0.05, 0) is 37.6 Å². The first-order chi connectivity index (χ1) is 13.1. The van der Waals surface area contributed by atoms with Gasteiger partial charge in [0.1, 0.15) is 18.5 Å². The molecule has 2 amide bonds. The summed E-state index contributed by atoms with van der Waals surface area (Å²) in [5.41, 5.74) is 0.827. The molecule has 1 aliphatic rings. The highest BCUT2D eigenvalue weighted by atomic mass is 16.6. The third-order valence-electron chi connectivity index (χ3n) is 4.20. The normalized spacial score (nSPS) is 14.0. The summed E-state index contributed by atoms with van der Waals surface area (Å²) in [4.78, 5) is 37.6. The number of carbonyl (C=O) groups is 3. The van der Waals surface area contributed by atoms with Crippen LogP contribution < -0.4 is 4.74 Å². The Kier molecular flexibility index (Phi) is 5.86. The summed E-state index contributed by atoms with van der Waals surface area (Å²) in [6.45, 7) is 2.20. The second-order valence-electron chi connectivity index (χ2n) is 6.34. The summed E-state index contributed by atoms with van der Waals surface area (Å²) in [5, 5.41) is 0. The SMILES string of the molecule is C[C@@H](COc1ccccc1)OC(=O)CCCN1C(=O)c2ccccc2C1=O. The second-order valence-corrected chi connectivity index (χ2v) is 6.34. The molecule has 1 aliphatic heterocycles. The van der Waals surface area contributed by atoms with Gasteiger partial charge in [-0.1, -0.05) is 30.3 Å². The maximum atomic E-state index is 12.3. The highest BCUT2D eigenvalue weighted by Crippen LogP contribution is 2.22. The summed E-state index contributed by atoms with van der Waals surface area (Å²) in [6, 6.07) is 16.0. The molecule has 2 aromatic carbocycles. The first-order valence-corrected chi connectivity index (χ1v) is 8.89. The molecule has 2 aromatic rings. The van der Waals surface area contributed by atoms with E-state index < -0.39 is 6.10 Å². The minimum Gasteiger partial charge on any atom is -0.490 e. The minimum absolute atomic E-state index is 0.128. The first-order valence-electron chi connectivity index (χ1n) is 8.89. The Morgan fingerprint density at radius 2 is 1.56 bits per heavy atom. The van der Waals surface area contributed by atoms with E-state index in [9.17, 15) is 14.4 Å². The maximum absolute atomic E-state index is 12.3. The lowest BCUT2D eigenvalue weighted by molar-refractivity contribution is -0.149. The third kappa shape index (κ3) is 4.53. The molecule has 0 aliphatic carbocycles. The Hall–Kier alpha value is -3.15.